The van der Waals surface area contributed by atoms with Crippen molar-refractivity contribution in [2.75, 3.05) is 5.32 Å². The van der Waals surface area contributed by atoms with Gasteiger partial charge in [-0.3, -0.25) is 4.79 Å². The molecule has 0 aliphatic heterocycles. The maximum absolute atomic E-state index is 12.6. The highest BCUT2D eigenvalue weighted by molar-refractivity contribution is 9.10. The molecular formula is C19H14BrN5O. The average molecular weight is 408 g/mol. The van der Waals surface area contributed by atoms with Crippen molar-refractivity contribution in [1.82, 2.24) is 19.6 Å². The van der Waals surface area contributed by atoms with E-state index in [0.717, 1.165) is 15.8 Å². The summed E-state index contributed by atoms with van der Waals surface area (Å²) in [5.41, 5.74) is 2.66. The molecule has 0 fully saturated rings. The van der Waals surface area contributed by atoms with Crippen LogP contribution in [0.2, 0.25) is 0 Å². The lowest BCUT2D eigenvalue weighted by Gasteiger charge is -2.10. The predicted octanol–water partition coefficient (Wildman–Crippen LogP) is 4.07. The molecular weight excluding hydrogens is 394 g/mol. The molecule has 0 unspecified atom stereocenters. The second-order valence-electron chi connectivity index (χ2n) is 5.56. The molecule has 1 amide bonds. The first-order chi connectivity index (χ1) is 12.7. The highest BCUT2D eigenvalue weighted by atomic mass is 79.9. The maximum atomic E-state index is 12.6. The van der Waals surface area contributed by atoms with E-state index >= 15 is 0 Å². The normalized spacial score (nSPS) is 10.7. The summed E-state index contributed by atoms with van der Waals surface area (Å²) in [6, 6.07) is 18.8. The fraction of sp³-hybridized carbons (Fsp3) is 0. The molecule has 128 valence electrons. The van der Waals surface area contributed by atoms with Gasteiger partial charge >= 0.3 is 0 Å². The molecule has 0 aliphatic rings. The Morgan fingerprint density at radius 2 is 1.73 bits per heavy atom. The number of carbonyl (C=O) groups is 1. The van der Waals surface area contributed by atoms with Gasteiger partial charge in [0.2, 0.25) is 0 Å². The Balaban J connectivity index is 1.59. The summed E-state index contributed by atoms with van der Waals surface area (Å²) in [4.78, 5) is 12.6. The van der Waals surface area contributed by atoms with Crippen LogP contribution in [0.3, 0.4) is 0 Å². The van der Waals surface area contributed by atoms with Gasteiger partial charge in [-0.05, 0) is 46.3 Å². The Morgan fingerprint density at radius 3 is 2.50 bits per heavy atom. The molecule has 7 heteroatoms. The Bertz CT molecular complexity index is 1050. The zero-order valence-corrected chi connectivity index (χ0v) is 15.2. The number of amides is 1. The Labute approximate surface area is 158 Å². The number of anilines is 1. The number of carbonyl (C=O) groups excluding carboxylic acids is 1. The monoisotopic (exact) mass is 407 g/mol. The quantitative estimate of drug-likeness (QED) is 0.554. The number of nitrogens with one attached hydrogen (secondary N) is 1. The van der Waals surface area contributed by atoms with Gasteiger partial charge in [0.1, 0.15) is 0 Å². The lowest BCUT2D eigenvalue weighted by atomic mass is 10.2. The van der Waals surface area contributed by atoms with E-state index in [-0.39, 0.29) is 5.91 Å². The minimum atomic E-state index is -0.279. The molecule has 2 heterocycles. The van der Waals surface area contributed by atoms with E-state index in [4.69, 9.17) is 0 Å². The van der Waals surface area contributed by atoms with Gasteiger partial charge in [0.25, 0.3) is 5.91 Å². The van der Waals surface area contributed by atoms with Crippen LogP contribution in [0.4, 0.5) is 5.69 Å². The molecule has 0 spiro atoms. The highest BCUT2D eigenvalue weighted by Gasteiger charge is 2.13. The van der Waals surface area contributed by atoms with Crippen LogP contribution < -0.4 is 5.32 Å². The van der Waals surface area contributed by atoms with Crippen molar-refractivity contribution in [2.24, 2.45) is 0 Å². The van der Waals surface area contributed by atoms with Gasteiger partial charge in [-0.2, -0.15) is 10.2 Å². The summed E-state index contributed by atoms with van der Waals surface area (Å²) >= 11 is 3.38. The summed E-state index contributed by atoms with van der Waals surface area (Å²) in [7, 11) is 0. The number of nitrogens with zero attached hydrogens (tertiary/aromatic N) is 4. The molecule has 6 nitrogen and oxygen atoms in total. The molecule has 2 aromatic heterocycles. The molecule has 0 saturated heterocycles. The molecule has 2 aromatic carbocycles. The van der Waals surface area contributed by atoms with Crippen LogP contribution in [-0.2, 0) is 0 Å². The molecule has 0 atom stereocenters. The van der Waals surface area contributed by atoms with Crippen LogP contribution >= 0.6 is 15.9 Å². The first kappa shape index (κ1) is 16.3. The second-order valence-corrected chi connectivity index (χ2v) is 6.47. The molecule has 0 radical (unpaired) electrons. The van der Waals surface area contributed by atoms with E-state index in [1.54, 1.807) is 27.8 Å². The number of hydrogen-bond donors (Lipinski definition) is 1. The van der Waals surface area contributed by atoms with E-state index in [9.17, 15) is 4.79 Å². The van der Waals surface area contributed by atoms with Crippen molar-refractivity contribution in [2.45, 2.75) is 0 Å². The lowest BCUT2D eigenvalue weighted by molar-refractivity contribution is 0.102. The van der Waals surface area contributed by atoms with Gasteiger partial charge in [-0.15, -0.1) is 0 Å². The number of para-hydroxylation sites is 3. The Hall–Kier alpha value is -3.19. The molecule has 4 aromatic rings. The van der Waals surface area contributed by atoms with Gasteiger partial charge in [0.15, 0.2) is 5.69 Å². The van der Waals surface area contributed by atoms with E-state index in [1.165, 1.54) is 0 Å². The zero-order valence-electron chi connectivity index (χ0n) is 13.6. The fourth-order valence-electron chi connectivity index (χ4n) is 2.57. The number of halogens is 1. The zero-order chi connectivity index (χ0) is 17.9. The summed E-state index contributed by atoms with van der Waals surface area (Å²) in [5, 5.41) is 11.5. The van der Waals surface area contributed by atoms with Crippen molar-refractivity contribution in [3.8, 4) is 11.4 Å². The minimum Gasteiger partial charge on any atom is -0.319 e. The lowest BCUT2D eigenvalue weighted by Crippen LogP contribution is -2.15. The van der Waals surface area contributed by atoms with Crippen LogP contribution in [-0.4, -0.2) is 25.5 Å². The first-order valence-electron chi connectivity index (χ1n) is 7.93. The minimum absolute atomic E-state index is 0.279. The van der Waals surface area contributed by atoms with E-state index in [0.29, 0.717) is 11.4 Å². The summed E-state index contributed by atoms with van der Waals surface area (Å²) in [6.07, 6.45) is 5.29. The third kappa shape index (κ3) is 3.29. The van der Waals surface area contributed by atoms with Crippen LogP contribution in [0, 0.1) is 0 Å². The second kappa shape index (κ2) is 6.97. The van der Waals surface area contributed by atoms with Gasteiger partial charge in [-0.1, -0.05) is 30.3 Å². The van der Waals surface area contributed by atoms with Crippen LogP contribution in [0.5, 0.6) is 0 Å². The molecule has 1 N–H and O–H groups in total. The van der Waals surface area contributed by atoms with Crippen molar-refractivity contribution >= 4 is 27.5 Å². The topological polar surface area (TPSA) is 64.7 Å². The summed E-state index contributed by atoms with van der Waals surface area (Å²) in [5.74, 6) is -0.279. The van der Waals surface area contributed by atoms with Crippen molar-refractivity contribution < 1.29 is 4.79 Å². The molecule has 0 aliphatic carbocycles. The van der Waals surface area contributed by atoms with E-state index in [2.05, 4.69) is 31.4 Å². The van der Waals surface area contributed by atoms with E-state index < -0.39 is 0 Å². The molecule has 4 rings (SSSR count). The van der Waals surface area contributed by atoms with Gasteiger partial charge < -0.3 is 5.32 Å². The largest absolute Gasteiger partial charge is 0.319 e. The SMILES string of the molecule is O=C(Nc1ccccc1-n1cc(Br)cn1)c1ccn(-c2ccccc2)n1. The first-order valence-corrected chi connectivity index (χ1v) is 8.72. The fourth-order valence-corrected chi connectivity index (χ4v) is 2.85. The average Bonchev–Trinajstić information content (AvgIpc) is 3.32. The Morgan fingerprint density at radius 1 is 0.962 bits per heavy atom. The summed E-state index contributed by atoms with van der Waals surface area (Å²) < 4.78 is 4.23. The van der Waals surface area contributed by atoms with Crippen molar-refractivity contribution in [3.05, 3.63) is 89.4 Å². The molecule has 0 saturated carbocycles. The third-order valence-corrected chi connectivity index (χ3v) is 4.20. The summed E-state index contributed by atoms with van der Waals surface area (Å²) in [6.45, 7) is 0. The Kier molecular flexibility index (Phi) is 4.37. The smallest absolute Gasteiger partial charge is 0.276 e. The predicted molar refractivity (Wildman–Crippen MR) is 103 cm³/mol. The standard InChI is InChI=1S/C19H14BrN5O/c20-14-12-21-25(13-14)18-9-5-4-8-16(18)22-19(26)17-10-11-24(23-17)15-6-2-1-3-7-15/h1-13H,(H,22,26). The van der Waals surface area contributed by atoms with Gasteiger partial charge in [0.05, 0.1) is 27.7 Å². The van der Waals surface area contributed by atoms with Crippen LogP contribution in [0.15, 0.2) is 83.7 Å². The van der Waals surface area contributed by atoms with Gasteiger partial charge in [-0.25, -0.2) is 9.36 Å². The van der Waals surface area contributed by atoms with Crippen LogP contribution in [0.25, 0.3) is 11.4 Å². The van der Waals surface area contributed by atoms with Crippen molar-refractivity contribution in [1.29, 1.82) is 0 Å². The van der Waals surface area contributed by atoms with Crippen molar-refractivity contribution in [3.63, 3.8) is 0 Å². The number of benzene rings is 2. The number of aromatic nitrogens is 4. The highest BCUT2D eigenvalue weighted by Crippen LogP contribution is 2.21. The number of rotatable bonds is 4. The van der Waals surface area contributed by atoms with Crippen LogP contribution in [0.1, 0.15) is 10.5 Å². The maximum Gasteiger partial charge on any atom is 0.276 e. The third-order valence-electron chi connectivity index (χ3n) is 3.79. The number of hydrogen-bond acceptors (Lipinski definition) is 3. The molecule has 26 heavy (non-hydrogen) atoms. The molecule has 0 bridgehead atoms. The van der Waals surface area contributed by atoms with E-state index in [1.807, 2.05) is 60.8 Å². The van der Waals surface area contributed by atoms with Gasteiger partial charge in [0, 0.05) is 12.4 Å².